The molecule has 1 unspecified atom stereocenters. The smallest absolute Gasteiger partial charge is 0.290 e. The van der Waals surface area contributed by atoms with Gasteiger partial charge in [0.2, 0.25) is 0 Å². The van der Waals surface area contributed by atoms with Crippen LogP contribution in [0.2, 0.25) is 0 Å². The molecule has 2 aromatic heterocycles. The van der Waals surface area contributed by atoms with Gasteiger partial charge < -0.3 is 18.9 Å². The third-order valence-corrected chi connectivity index (χ3v) is 4.55. The third-order valence-electron chi connectivity index (χ3n) is 4.55. The van der Waals surface area contributed by atoms with Gasteiger partial charge in [0, 0.05) is 11.6 Å². The van der Waals surface area contributed by atoms with Gasteiger partial charge >= 0.3 is 0 Å². The Morgan fingerprint density at radius 1 is 1.21 bits per heavy atom. The van der Waals surface area contributed by atoms with E-state index in [-0.39, 0.29) is 23.7 Å². The molecular formula is C23H25NO4. The first-order valence-electron chi connectivity index (χ1n) is 9.30. The van der Waals surface area contributed by atoms with Crippen LogP contribution in [0.4, 0.5) is 0 Å². The van der Waals surface area contributed by atoms with Crippen molar-refractivity contribution in [3.63, 3.8) is 0 Å². The van der Waals surface area contributed by atoms with Gasteiger partial charge in [-0.25, -0.2) is 0 Å². The molecule has 1 N–H and O–H groups in total. The fourth-order valence-electron chi connectivity index (χ4n) is 2.84. The first-order chi connectivity index (χ1) is 13.5. The zero-order valence-corrected chi connectivity index (χ0v) is 16.4. The molecule has 0 aliphatic heterocycles. The maximum Gasteiger partial charge on any atom is 0.290 e. The Kier molecular flexibility index (Phi) is 6.04. The molecule has 1 amide bonds. The highest BCUT2D eigenvalue weighted by molar-refractivity contribution is 5.91. The Morgan fingerprint density at radius 2 is 2.04 bits per heavy atom. The van der Waals surface area contributed by atoms with Crippen LogP contribution in [-0.4, -0.2) is 5.91 Å². The number of nitrogens with one attached hydrogen (secondary N) is 1. The van der Waals surface area contributed by atoms with Crippen molar-refractivity contribution < 1.29 is 18.4 Å². The molecule has 5 nitrogen and oxygen atoms in total. The Hall–Kier alpha value is -3.21. The predicted octanol–water partition coefficient (Wildman–Crippen LogP) is 6.14. The summed E-state index contributed by atoms with van der Waals surface area (Å²) in [6.45, 7) is 9.97. The fraction of sp³-hybridized carbons (Fsp3) is 0.261. The average molecular weight is 379 g/mol. The average Bonchev–Trinajstić information content (AvgIpc) is 3.35. The molecule has 1 atom stereocenters. The maximum atomic E-state index is 12.6. The van der Waals surface area contributed by atoms with Crippen molar-refractivity contribution in [1.82, 2.24) is 5.32 Å². The lowest BCUT2D eigenvalue weighted by Gasteiger charge is -2.14. The second-order valence-electron chi connectivity index (χ2n) is 7.01. The van der Waals surface area contributed by atoms with Gasteiger partial charge in [-0.05, 0) is 48.6 Å². The highest BCUT2D eigenvalue weighted by Gasteiger charge is 2.19. The summed E-state index contributed by atoms with van der Waals surface area (Å²) in [5.74, 6) is 1.25. The highest BCUT2D eigenvalue weighted by Crippen LogP contribution is 2.30. The van der Waals surface area contributed by atoms with E-state index in [1.54, 1.807) is 30.7 Å². The predicted molar refractivity (Wildman–Crippen MR) is 108 cm³/mol. The van der Waals surface area contributed by atoms with Gasteiger partial charge in [-0.2, -0.15) is 0 Å². The monoisotopic (exact) mass is 379 g/mol. The normalized spacial score (nSPS) is 12.0. The molecule has 0 bridgehead atoms. The summed E-state index contributed by atoms with van der Waals surface area (Å²) in [6, 6.07) is 10.9. The summed E-state index contributed by atoms with van der Waals surface area (Å²) < 4.78 is 16.6. The maximum absolute atomic E-state index is 12.6. The Bertz CT molecular complexity index is 937. The van der Waals surface area contributed by atoms with E-state index in [1.807, 2.05) is 25.1 Å². The van der Waals surface area contributed by atoms with E-state index >= 15 is 0 Å². The number of carbonyl (C=O) groups excluding carboxylic acids is 1. The van der Waals surface area contributed by atoms with Crippen LogP contribution in [-0.2, 0) is 0 Å². The van der Waals surface area contributed by atoms with E-state index in [9.17, 15) is 4.79 Å². The number of hydrogen-bond donors (Lipinski definition) is 1. The molecule has 0 saturated heterocycles. The van der Waals surface area contributed by atoms with Crippen LogP contribution in [0, 0.1) is 6.92 Å². The van der Waals surface area contributed by atoms with Crippen molar-refractivity contribution in [2.24, 2.45) is 0 Å². The summed E-state index contributed by atoms with van der Waals surface area (Å²) in [5, 5.41) is 2.93. The molecule has 0 aliphatic carbocycles. The number of carbonyl (C=O) groups is 1. The topological polar surface area (TPSA) is 64.6 Å². The molecule has 3 rings (SSSR count). The lowest BCUT2D eigenvalue weighted by Crippen LogP contribution is -2.27. The van der Waals surface area contributed by atoms with Gasteiger partial charge in [0.15, 0.2) is 5.76 Å². The summed E-state index contributed by atoms with van der Waals surface area (Å²) in [5.41, 5.74) is 3.05. The molecule has 146 valence electrons. The van der Waals surface area contributed by atoms with Crippen LogP contribution in [0.5, 0.6) is 11.7 Å². The highest BCUT2D eigenvalue weighted by atomic mass is 16.6. The van der Waals surface area contributed by atoms with Crippen molar-refractivity contribution >= 4 is 5.91 Å². The van der Waals surface area contributed by atoms with Crippen LogP contribution < -0.4 is 10.1 Å². The molecule has 1 aromatic carbocycles. The van der Waals surface area contributed by atoms with Gasteiger partial charge in [-0.3, -0.25) is 4.79 Å². The first-order valence-corrected chi connectivity index (χ1v) is 9.30. The molecule has 0 fully saturated rings. The number of ether oxygens (including phenoxy) is 1. The summed E-state index contributed by atoms with van der Waals surface area (Å²) in [4.78, 5) is 12.6. The number of hydrogen-bond acceptors (Lipinski definition) is 4. The first kappa shape index (κ1) is 19.5. The molecule has 5 heteroatoms. The van der Waals surface area contributed by atoms with Crippen molar-refractivity contribution in [3.8, 4) is 11.7 Å². The van der Waals surface area contributed by atoms with Crippen LogP contribution in [0.25, 0.3) is 0 Å². The largest absolute Gasteiger partial charge is 0.472 e. The van der Waals surface area contributed by atoms with E-state index in [2.05, 4.69) is 31.8 Å². The van der Waals surface area contributed by atoms with Crippen molar-refractivity contribution in [2.45, 2.75) is 39.2 Å². The number of rotatable bonds is 8. The van der Waals surface area contributed by atoms with Crippen molar-refractivity contribution in [2.75, 3.05) is 0 Å². The van der Waals surface area contributed by atoms with Gasteiger partial charge in [0.05, 0.1) is 18.6 Å². The van der Waals surface area contributed by atoms with Crippen LogP contribution in [0.15, 0.2) is 70.4 Å². The van der Waals surface area contributed by atoms with Gasteiger partial charge in [-0.1, -0.05) is 32.1 Å². The quantitative estimate of drug-likeness (QED) is 0.477. The van der Waals surface area contributed by atoms with Crippen LogP contribution in [0.1, 0.15) is 59.5 Å². The Morgan fingerprint density at radius 3 is 2.71 bits per heavy atom. The minimum Gasteiger partial charge on any atom is -0.472 e. The lowest BCUT2D eigenvalue weighted by atomic mass is 10.0. The Balaban J connectivity index is 1.72. The van der Waals surface area contributed by atoms with Gasteiger partial charge in [0.1, 0.15) is 5.75 Å². The molecule has 28 heavy (non-hydrogen) atoms. The zero-order chi connectivity index (χ0) is 20.1. The van der Waals surface area contributed by atoms with E-state index in [0.29, 0.717) is 12.3 Å². The summed E-state index contributed by atoms with van der Waals surface area (Å²) >= 11 is 0. The fourth-order valence-corrected chi connectivity index (χ4v) is 2.84. The van der Waals surface area contributed by atoms with E-state index in [4.69, 9.17) is 13.6 Å². The van der Waals surface area contributed by atoms with Crippen molar-refractivity contribution in [1.29, 1.82) is 0 Å². The SMILES string of the molecule is C=CCC(NC(=O)c1ccc(Oc2cc(C(C)C)ccc2C)o1)c1ccoc1. The summed E-state index contributed by atoms with van der Waals surface area (Å²) in [7, 11) is 0. The van der Waals surface area contributed by atoms with E-state index in [1.165, 1.54) is 5.56 Å². The lowest BCUT2D eigenvalue weighted by molar-refractivity contribution is 0.0904. The molecular weight excluding hydrogens is 354 g/mol. The van der Waals surface area contributed by atoms with Crippen LogP contribution >= 0.6 is 0 Å². The number of aryl methyl sites for hydroxylation is 1. The zero-order valence-electron chi connectivity index (χ0n) is 16.4. The standard InChI is InChI=1S/C23H25NO4/c1-5-6-19(18-11-12-26-14-18)24-23(25)20-9-10-22(27-20)28-21-13-17(15(2)3)8-7-16(21)4/h5,7-15,19H,1,6H2,2-4H3,(H,24,25). The van der Waals surface area contributed by atoms with E-state index < -0.39 is 0 Å². The van der Waals surface area contributed by atoms with E-state index in [0.717, 1.165) is 16.9 Å². The molecule has 0 radical (unpaired) electrons. The number of benzene rings is 1. The van der Waals surface area contributed by atoms with Gasteiger partial charge in [-0.15, -0.1) is 6.58 Å². The summed E-state index contributed by atoms with van der Waals surface area (Å²) in [6.07, 6.45) is 5.51. The molecule has 0 saturated carbocycles. The van der Waals surface area contributed by atoms with Gasteiger partial charge in [0.25, 0.3) is 11.9 Å². The molecule has 0 aliphatic rings. The molecule has 3 aromatic rings. The number of amides is 1. The van der Waals surface area contributed by atoms with Crippen molar-refractivity contribution in [3.05, 3.63) is 84.0 Å². The second kappa shape index (κ2) is 8.65. The minimum absolute atomic E-state index is 0.185. The Labute approximate surface area is 165 Å². The molecule has 2 heterocycles. The number of furan rings is 2. The van der Waals surface area contributed by atoms with Crippen LogP contribution in [0.3, 0.4) is 0 Å². The minimum atomic E-state index is -0.324. The second-order valence-corrected chi connectivity index (χ2v) is 7.01. The molecule has 0 spiro atoms. The third kappa shape index (κ3) is 4.55.